The van der Waals surface area contributed by atoms with E-state index in [1.807, 2.05) is 31.2 Å². The lowest BCUT2D eigenvalue weighted by atomic mass is 10.0. The fraction of sp³-hybridized carbons (Fsp3) is 0.400. The Balaban J connectivity index is 1.62. The van der Waals surface area contributed by atoms with Gasteiger partial charge in [-0.25, -0.2) is 15.0 Å². The van der Waals surface area contributed by atoms with Crippen LogP contribution in [0.15, 0.2) is 36.5 Å². The van der Waals surface area contributed by atoms with E-state index in [0.717, 1.165) is 10.9 Å². The van der Waals surface area contributed by atoms with Crippen molar-refractivity contribution in [3.8, 4) is 0 Å². The summed E-state index contributed by atoms with van der Waals surface area (Å²) in [5, 5.41) is 3.78. The van der Waals surface area contributed by atoms with Gasteiger partial charge in [-0.3, -0.25) is 9.59 Å². The molecule has 1 N–H and O–H groups in total. The number of hydrogen-bond acceptors (Lipinski definition) is 6. The first-order chi connectivity index (χ1) is 15.8. The minimum atomic E-state index is -0.435. The number of benzene rings is 1. The van der Waals surface area contributed by atoms with E-state index in [1.54, 1.807) is 24.1 Å². The third kappa shape index (κ3) is 5.01. The third-order valence-corrected chi connectivity index (χ3v) is 5.67. The van der Waals surface area contributed by atoms with Crippen molar-refractivity contribution in [2.75, 3.05) is 26.2 Å². The third-order valence-electron chi connectivity index (χ3n) is 5.67. The molecule has 33 heavy (non-hydrogen) atoms. The summed E-state index contributed by atoms with van der Waals surface area (Å²) in [5.41, 5.74) is 3.06. The minimum absolute atomic E-state index is 0.128. The first-order valence-electron chi connectivity index (χ1n) is 11.2. The van der Waals surface area contributed by atoms with Gasteiger partial charge < -0.3 is 15.0 Å². The van der Waals surface area contributed by atoms with Crippen LogP contribution in [0.25, 0.3) is 10.9 Å². The van der Waals surface area contributed by atoms with E-state index >= 15 is 0 Å². The molecule has 8 nitrogen and oxygen atoms in total. The Morgan fingerprint density at radius 1 is 1.18 bits per heavy atom. The zero-order chi connectivity index (χ0) is 23.5. The maximum atomic E-state index is 13.2. The summed E-state index contributed by atoms with van der Waals surface area (Å²) in [6.45, 7) is 9.50. The van der Waals surface area contributed by atoms with Crippen LogP contribution in [0.4, 0.5) is 0 Å². The van der Waals surface area contributed by atoms with Crippen molar-refractivity contribution in [2.45, 2.75) is 33.8 Å². The molecular formula is C25H29N5O3. The Kier molecular flexibility index (Phi) is 6.65. The molecule has 3 aromatic rings. The molecule has 1 aromatic carbocycles. The molecule has 1 unspecified atom stereocenters. The number of aromatic nitrogens is 3. The number of pyridine rings is 1. The standard InChI is InChI=1S/C25H29N5O3/c1-15(2)12-27-24(31)19-11-22(29-21-8-6-5-7-18(19)21)23-14-30(9-10-33-23)25(32)20-13-26-17(4)28-16(20)3/h5-8,11,13,15,23H,9-10,12,14H2,1-4H3,(H,27,31). The molecule has 0 bridgehead atoms. The monoisotopic (exact) mass is 447 g/mol. The summed E-state index contributed by atoms with van der Waals surface area (Å²) in [4.78, 5) is 41.1. The van der Waals surface area contributed by atoms with Gasteiger partial charge in [-0.1, -0.05) is 32.0 Å². The van der Waals surface area contributed by atoms with Gasteiger partial charge in [0.2, 0.25) is 0 Å². The summed E-state index contributed by atoms with van der Waals surface area (Å²) in [6.07, 6.45) is 1.14. The quantitative estimate of drug-likeness (QED) is 0.645. The number of nitrogens with one attached hydrogen (secondary N) is 1. The second kappa shape index (κ2) is 9.62. The number of carbonyl (C=O) groups is 2. The van der Waals surface area contributed by atoms with Crippen LogP contribution >= 0.6 is 0 Å². The highest BCUT2D eigenvalue weighted by molar-refractivity contribution is 6.06. The molecule has 172 valence electrons. The number of fused-ring (bicyclic) bond motifs is 1. The molecule has 1 atom stereocenters. The van der Waals surface area contributed by atoms with Crippen molar-refractivity contribution in [3.05, 3.63) is 64.9 Å². The fourth-order valence-corrected chi connectivity index (χ4v) is 3.92. The van der Waals surface area contributed by atoms with Gasteiger partial charge in [-0.05, 0) is 31.9 Å². The molecule has 1 saturated heterocycles. The molecule has 2 amide bonds. The summed E-state index contributed by atoms with van der Waals surface area (Å²) in [6, 6.07) is 9.36. The Morgan fingerprint density at radius 3 is 2.73 bits per heavy atom. The Morgan fingerprint density at radius 2 is 1.97 bits per heavy atom. The van der Waals surface area contributed by atoms with Gasteiger partial charge in [-0.15, -0.1) is 0 Å². The summed E-state index contributed by atoms with van der Waals surface area (Å²) in [5.74, 6) is 0.709. The number of nitrogens with zero attached hydrogens (tertiary/aromatic N) is 4. The topological polar surface area (TPSA) is 97.3 Å². The zero-order valence-electron chi connectivity index (χ0n) is 19.5. The average Bonchev–Trinajstić information content (AvgIpc) is 2.81. The van der Waals surface area contributed by atoms with E-state index < -0.39 is 6.10 Å². The van der Waals surface area contributed by atoms with Gasteiger partial charge in [0.15, 0.2) is 0 Å². The van der Waals surface area contributed by atoms with Crippen LogP contribution in [0.3, 0.4) is 0 Å². The first-order valence-corrected chi connectivity index (χ1v) is 11.2. The smallest absolute Gasteiger partial charge is 0.257 e. The van der Waals surface area contributed by atoms with Crippen molar-refractivity contribution in [2.24, 2.45) is 5.92 Å². The molecule has 2 aromatic heterocycles. The largest absolute Gasteiger partial charge is 0.368 e. The molecule has 0 saturated carbocycles. The maximum Gasteiger partial charge on any atom is 0.257 e. The van der Waals surface area contributed by atoms with E-state index in [1.165, 1.54) is 0 Å². The van der Waals surface area contributed by atoms with Crippen molar-refractivity contribution in [1.29, 1.82) is 0 Å². The lowest BCUT2D eigenvalue weighted by Crippen LogP contribution is -2.43. The molecule has 0 aliphatic carbocycles. The molecule has 1 aliphatic heterocycles. The summed E-state index contributed by atoms with van der Waals surface area (Å²) >= 11 is 0. The van der Waals surface area contributed by atoms with E-state index in [0.29, 0.717) is 60.5 Å². The van der Waals surface area contributed by atoms with Crippen molar-refractivity contribution in [3.63, 3.8) is 0 Å². The number of rotatable bonds is 5. The highest BCUT2D eigenvalue weighted by Gasteiger charge is 2.29. The number of aryl methyl sites for hydroxylation is 2. The molecule has 0 spiro atoms. The molecule has 8 heteroatoms. The predicted octanol–water partition coefficient (Wildman–Crippen LogP) is 3.24. The lowest BCUT2D eigenvalue weighted by molar-refractivity contribution is -0.0246. The fourth-order valence-electron chi connectivity index (χ4n) is 3.92. The maximum absolute atomic E-state index is 13.2. The van der Waals surface area contributed by atoms with Crippen LogP contribution in [0.1, 0.15) is 57.9 Å². The molecule has 0 radical (unpaired) electrons. The Bertz CT molecular complexity index is 1190. The molecule has 4 rings (SSSR count). The highest BCUT2D eigenvalue weighted by atomic mass is 16.5. The minimum Gasteiger partial charge on any atom is -0.368 e. The van der Waals surface area contributed by atoms with E-state index in [2.05, 4.69) is 29.1 Å². The van der Waals surface area contributed by atoms with Gasteiger partial charge in [-0.2, -0.15) is 0 Å². The SMILES string of the molecule is Cc1ncc(C(=O)N2CCOC(c3cc(C(=O)NCC(C)C)c4ccccc4n3)C2)c(C)n1. The number of para-hydroxylation sites is 1. The van der Waals surface area contributed by atoms with Crippen LogP contribution in [0, 0.1) is 19.8 Å². The first kappa shape index (κ1) is 22.8. The van der Waals surface area contributed by atoms with Crippen molar-refractivity contribution < 1.29 is 14.3 Å². The molecule has 1 aliphatic rings. The number of ether oxygens (including phenoxy) is 1. The van der Waals surface area contributed by atoms with Gasteiger partial charge >= 0.3 is 0 Å². The van der Waals surface area contributed by atoms with Crippen LogP contribution in [-0.4, -0.2) is 57.9 Å². The Hall–Kier alpha value is -3.39. The number of amides is 2. The number of carbonyl (C=O) groups excluding carboxylic acids is 2. The van der Waals surface area contributed by atoms with E-state index in [4.69, 9.17) is 9.72 Å². The van der Waals surface area contributed by atoms with E-state index in [9.17, 15) is 9.59 Å². The summed E-state index contributed by atoms with van der Waals surface area (Å²) in [7, 11) is 0. The number of morpholine rings is 1. The van der Waals surface area contributed by atoms with Crippen LogP contribution in [0.2, 0.25) is 0 Å². The molecular weight excluding hydrogens is 418 g/mol. The Labute approximate surface area is 193 Å². The highest BCUT2D eigenvalue weighted by Crippen LogP contribution is 2.27. The second-order valence-electron chi connectivity index (χ2n) is 8.74. The molecule has 1 fully saturated rings. The van der Waals surface area contributed by atoms with Gasteiger partial charge in [0.25, 0.3) is 11.8 Å². The van der Waals surface area contributed by atoms with Crippen molar-refractivity contribution >= 4 is 22.7 Å². The second-order valence-corrected chi connectivity index (χ2v) is 8.74. The van der Waals surface area contributed by atoms with E-state index in [-0.39, 0.29) is 11.8 Å². The van der Waals surface area contributed by atoms with Crippen LogP contribution in [0.5, 0.6) is 0 Å². The van der Waals surface area contributed by atoms with Crippen molar-refractivity contribution in [1.82, 2.24) is 25.2 Å². The normalized spacial score (nSPS) is 16.3. The lowest BCUT2D eigenvalue weighted by Gasteiger charge is -2.33. The average molecular weight is 448 g/mol. The van der Waals surface area contributed by atoms with Gasteiger partial charge in [0.05, 0.1) is 41.2 Å². The van der Waals surface area contributed by atoms with Gasteiger partial charge in [0, 0.05) is 24.7 Å². The van der Waals surface area contributed by atoms with Crippen LogP contribution in [-0.2, 0) is 4.74 Å². The zero-order valence-corrected chi connectivity index (χ0v) is 19.5. The van der Waals surface area contributed by atoms with Gasteiger partial charge in [0.1, 0.15) is 11.9 Å². The summed E-state index contributed by atoms with van der Waals surface area (Å²) < 4.78 is 5.99. The number of hydrogen-bond donors (Lipinski definition) is 1. The molecule has 3 heterocycles. The predicted molar refractivity (Wildman–Crippen MR) is 125 cm³/mol. The van der Waals surface area contributed by atoms with Crippen LogP contribution < -0.4 is 5.32 Å².